The van der Waals surface area contributed by atoms with Gasteiger partial charge in [-0.15, -0.1) is 0 Å². The molecule has 0 unspecified atom stereocenters. The molecule has 2 rings (SSSR count). The normalized spacial score (nSPS) is 11.5. The molecule has 1 N–H and O–H groups in total. The van der Waals surface area contributed by atoms with Crippen molar-refractivity contribution >= 4 is 21.6 Å². The van der Waals surface area contributed by atoms with Gasteiger partial charge in [-0.25, -0.2) is 8.42 Å². The Morgan fingerprint density at radius 3 is 2.12 bits per heavy atom. The molecule has 1 amide bonds. The fourth-order valence-electron chi connectivity index (χ4n) is 3.32. The highest BCUT2D eigenvalue weighted by molar-refractivity contribution is 7.89. The summed E-state index contributed by atoms with van der Waals surface area (Å²) in [6, 6.07) is 10.0. The molecule has 0 bridgehead atoms. The minimum atomic E-state index is -3.68. The van der Waals surface area contributed by atoms with E-state index in [0.29, 0.717) is 42.4 Å². The van der Waals surface area contributed by atoms with E-state index in [2.05, 4.69) is 5.32 Å². The Hall–Kier alpha value is -2.78. The molecule has 0 saturated carbocycles. The minimum absolute atomic E-state index is 0.107. The van der Waals surface area contributed by atoms with Gasteiger partial charge in [0.15, 0.2) is 0 Å². The largest absolute Gasteiger partial charge is 0.497 e. The highest BCUT2D eigenvalue weighted by Crippen LogP contribution is 2.30. The minimum Gasteiger partial charge on any atom is -0.497 e. The molecule has 0 heterocycles. The zero-order valence-corrected chi connectivity index (χ0v) is 21.0. The van der Waals surface area contributed by atoms with Crippen molar-refractivity contribution in [3.05, 3.63) is 42.0 Å². The summed E-state index contributed by atoms with van der Waals surface area (Å²) in [4.78, 5) is 12.9. The Bertz CT molecular complexity index is 1030. The molecule has 2 aromatic carbocycles. The Morgan fingerprint density at radius 2 is 1.61 bits per heavy atom. The Morgan fingerprint density at radius 1 is 1.00 bits per heavy atom. The Labute approximate surface area is 196 Å². The summed E-state index contributed by atoms with van der Waals surface area (Å²) >= 11 is 0. The van der Waals surface area contributed by atoms with Crippen molar-refractivity contribution in [3.8, 4) is 17.2 Å². The molecule has 0 aliphatic carbocycles. The lowest BCUT2D eigenvalue weighted by Crippen LogP contribution is -2.30. The van der Waals surface area contributed by atoms with Gasteiger partial charge in [0.25, 0.3) is 0 Å². The number of methoxy groups -OCH3 is 2. The van der Waals surface area contributed by atoms with Crippen LogP contribution in [0.1, 0.15) is 39.7 Å². The molecule has 0 aliphatic heterocycles. The lowest BCUT2D eigenvalue weighted by molar-refractivity contribution is -0.116. The van der Waals surface area contributed by atoms with Crippen molar-refractivity contribution in [1.29, 1.82) is 0 Å². The van der Waals surface area contributed by atoms with Crippen LogP contribution in [0, 0.1) is 0 Å². The molecule has 0 atom stereocenters. The van der Waals surface area contributed by atoms with Gasteiger partial charge < -0.3 is 19.5 Å². The Balaban J connectivity index is 2.26. The van der Waals surface area contributed by atoms with E-state index in [1.807, 2.05) is 26.0 Å². The van der Waals surface area contributed by atoms with Crippen LogP contribution in [0.15, 0.2) is 41.3 Å². The maximum absolute atomic E-state index is 12.9. The summed E-state index contributed by atoms with van der Waals surface area (Å²) in [5, 5.41) is 2.82. The summed E-state index contributed by atoms with van der Waals surface area (Å²) < 4.78 is 43.6. The van der Waals surface area contributed by atoms with Gasteiger partial charge >= 0.3 is 0 Å². The van der Waals surface area contributed by atoms with Gasteiger partial charge in [0.2, 0.25) is 15.9 Å². The van der Waals surface area contributed by atoms with Crippen molar-refractivity contribution in [2.75, 3.05) is 32.6 Å². The number of hydrogen-bond acceptors (Lipinski definition) is 6. The molecule has 33 heavy (non-hydrogen) atoms. The third-order valence-corrected chi connectivity index (χ3v) is 7.03. The van der Waals surface area contributed by atoms with E-state index in [-0.39, 0.29) is 23.3 Å². The average molecular weight is 479 g/mol. The average Bonchev–Trinajstić information content (AvgIpc) is 2.78. The second-order valence-electron chi connectivity index (χ2n) is 7.68. The number of carbonyl (C=O) groups excluding carboxylic acids is 1. The molecule has 2 aromatic rings. The summed E-state index contributed by atoms with van der Waals surface area (Å²) in [7, 11) is -0.536. The van der Waals surface area contributed by atoms with E-state index in [4.69, 9.17) is 14.2 Å². The number of rotatable bonds is 12. The smallest absolute Gasteiger partial charge is 0.243 e. The maximum atomic E-state index is 12.9. The maximum Gasteiger partial charge on any atom is 0.243 e. The van der Waals surface area contributed by atoms with Crippen LogP contribution in [0.25, 0.3) is 0 Å². The van der Waals surface area contributed by atoms with Crippen molar-refractivity contribution in [2.45, 2.75) is 51.5 Å². The van der Waals surface area contributed by atoms with Gasteiger partial charge in [0.1, 0.15) is 17.2 Å². The van der Waals surface area contributed by atoms with Gasteiger partial charge in [-0.2, -0.15) is 4.31 Å². The molecule has 0 aliphatic rings. The summed E-state index contributed by atoms with van der Waals surface area (Å²) in [5.41, 5.74) is 1.21. The van der Waals surface area contributed by atoms with E-state index in [0.717, 1.165) is 5.56 Å². The zero-order valence-electron chi connectivity index (χ0n) is 20.2. The van der Waals surface area contributed by atoms with E-state index < -0.39 is 10.0 Å². The van der Waals surface area contributed by atoms with Crippen LogP contribution < -0.4 is 19.5 Å². The number of anilines is 1. The number of aryl methyl sites for hydroxylation is 1. The van der Waals surface area contributed by atoms with Crippen LogP contribution in [0.2, 0.25) is 0 Å². The molecule has 0 saturated heterocycles. The molecular weight excluding hydrogens is 444 g/mol. The standard InChI is InChI=1S/C24H34N2O6S/c1-7-26(8-2)33(28,29)21-10-11-23(32-17(3)4)22(16-21)25-24(27)12-9-18-13-19(30-5)15-20(14-18)31-6/h10-11,13-17H,7-9,12H2,1-6H3,(H,25,27). The summed E-state index contributed by atoms with van der Waals surface area (Å²) in [5.74, 6) is 1.45. The quantitative estimate of drug-likeness (QED) is 0.494. The first-order valence-corrected chi connectivity index (χ1v) is 12.4. The number of nitrogens with zero attached hydrogens (tertiary/aromatic N) is 1. The topological polar surface area (TPSA) is 94.2 Å². The highest BCUT2D eigenvalue weighted by atomic mass is 32.2. The van der Waals surface area contributed by atoms with E-state index in [1.165, 1.54) is 16.4 Å². The molecule has 0 aromatic heterocycles. The number of amides is 1. The van der Waals surface area contributed by atoms with Crippen molar-refractivity contribution in [2.24, 2.45) is 0 Å². The second kappa shape index (κ2) is 11.9. The highest BCUT2D eigenvalue weighted by Gasteiger charge is 2.23. The first kappa shape index (κ1) is 26.5. The lowest BCUT2D eigenvalue weighted by atomic mass is 10.1. The van der Waals surface area contributed by atoms with Crippen LogP contribution in [-0.2, 0) is 21.2 Å². The predicted molar refractivity (Wildman–Crippen MR) is 129 cm³/mol. The van der Waals surface area contributed by atoms with Gasteiger partial charge in [-0.3, -0.25) is 4.79 Å². The van der Waals surface area contributed by atoms with Crippen LogP contribution in [0.5, 0.6) is 17.2 Å². The fraction of sp³-hybridized carbons (Fsp3) is 0.458. The van der Waals surface area contributed by atoms with Crippen LogP contribution in [0.4, 0.5) is 5.69 Å². The molecule has 8 nitrogen and oxygen atoms in total. The van der Waals surface area contributed by atoms with Crippen LogP contribution in [0.3, 0.4) is 0 Å². The molecule has 182 valence electrons. The zero-order chi connectivity index (χ0) is 24.6. The summed E-state index contributed by atoms with van der Waals surface area (Å²) in [6.45, 7) is 8.01. The molecule has 0 radical (unpaired) electrons. The SMILES string of the molecule is CCN(CC)S(=O)(=O)c1ccc(OC(C)C)c(NC(=O)CCc2cc(OC)cc(OC)c2)c1. The molecule has 0 fully saturated rings. The predicted octanol–water partition coefficient (Wildman–Crippen LogP) is 4.09. The number of ether oxygens (including phenoxy) is 3. The number of carbonyl (C=O) groups is 1. The molecule has 0 spiro atoms. The van der Waals surface area contributed by atoms with E-state index in [1.54, 1.807) is 40.2 Å². The van der Waals surface area contributed by atoms with Crippen LogP contribution >= 0.6 is 0 Å². The lowest BCUT2D eigenvalue weighted by Gasteiger charge is -2.20. The Kier molecular flexibility index (Phi) is 9.55. The first-order chi connectivity index (χ1) is 15.6. The number of sulfonamides is 1. The molecular formula is C24H34N2O6S. The van der Waals surface area contributed by atoms with Crippen molar-refractivity contribution in [3.63, 3.8) is 0 Å². The van der Waals surface area contributed by atoms with E-state index in [9.17, 15) is 13.2 Å². The van der Waals surface area contributed by atoms with E-state index >= 15 is 0 Å². The molecule has 9 heteroatoms. The van der Waals surface area contributed by atoms with Gasteiger partial charge in [0.05, 0.1) is 30.9 Å². The number of benzene rings is 2. The van der Waals surface area contributed by atoms with Gasteiger partial charge in [0, 0.05) is 25.6 Å². The van der Waals surface area contributed by atoms with Gasteiger partial charge in [-0.1, -0.05) is 13.8 Å². The van der Waals surface area contributed by atoms with Crippen molar-refractivity contribution in [1.82, 2.24) is 4.31 Å². The van der Waals surface area contributed by atoms with Crippen molar-refractivity contribution < 1.29 is 27.4 Å². The monoisotopic (exact) mass is 478 g/mol. The number of nitrogens with one attached hydrogen (secondary N) is 1. The fourth-order valence-corrected chi connectivity index (χ4v) is 4.80. The number of hydrogen-bond donors (Lipinski definition) is 1. The van der Waals surface area contributed by atoms with Crippen LogP contribution in [-0.4, -0.2) is 52.0 Å². The summed E-state index contributed by atoms with van der Waals surface area (Å²) in [6.07, 6.45) is 0.497. The second-order valence-corrected chi connectivity index (χ2v) is 9.62. The third kappa shape index (κ3) is 7.10. The first-order valence-electron chi connectivity index (χ1n) is 11.0. The van der Waals surface area contributed by atoms with Gasteiger partial charge in [-0.05, 0) is 56.2 Å². The third-order valence-electron chi connectivity index (χ3n) is 4.98.